The molecule has 2 aromatic heterocycles. The lowest BCUT2D eigenvalue weighted by molar-refractivity contribution is -0.120. The van der Waals surface area contributed by atoms with Gasteiger partial charge in [0.2, 0.25) is 17.6 Å². The molecular formula is C23H26N4O4S2. The number of carbonyl (C=O) groups excluding carboxylic acids is 1. The zero-order valence-electron chi connectivity index (χ0n) is 18.4. The minimum atomic E-state index is -3.71. The Balaban J connectivity index is 1.28. The number of nitrogens with zero attached hydrogens (tertiary/aromatic N) is 3. The molecule has 0 radical (unpaired) electrons. The molecule has 1 amide bonds. The Morgan fingerprint density at radius 1 is 1.21 bits per heavy atom. The van der Waals surface area contributed by atoms with Crippen molar-refractivity contribution in [2.45, 2.75) is 49.2 Å². The van der Waals surface area contributed by atoms with Gasteiger partial charge in [0.1, 0.15) is 4.21 Å². The first kappa shape index (κ1) is 22.2. The van der Waals surface area contributed by atoms with E-state index in [1.165, 1.54) is 10.7 Å². The standard InChI is InChI=1S/C23H26N4O4S2/c1-15-5-2-9-19(11-15)24-22(28)17-8-4-10-27(13-17)33(29,30)20-12-18(14-32-20)21-25-23(31-26-21)16-6-3-7-16/h2,5,9,11-12,14,16-17H,3-4,6-8,10,13H2,1H3,(H,24,28)/t17-/m0/s1. The molecular weight excluding hydrogens is 460 g/mol. The van der Waals surface area contributed by atoms with Crippen LogP contribution in [-0.2, 0) is 14.8 Å². The van der Waals surface area contributed by atoms with Crippen molar-refractivity contribution in [3.8, 4) is 11.4 Å². The summed E-state index contributed by atoms with van der Waals surface area (Å²) in [5.41, 5.74) is 2.42. The van der Waals surface area contributed by atoms with E-state index in [0.717, 1.165) is 35.4 Å². The number of sulfonamides is 1. The van der Waals surface area contributed by atoms with Crippen molar-refractivity contribution in [2.75, 3.05) is 18.4 Å². The first-order chi connectivity index (χ1) is 15.9. The highest BCUT2D eigenvalue weighted by atomic mass is 32.2. The minimum absolute atomic E-state index is 0.150. The second-order valence-electron chi connectivity index (χ2n) is 8.80. The van der Waals surface area contributed by atoms with Gasteiger partial charge < -0.3 is 9.84 Å². The summed E-state index contributed by atoms with van der Waals surface area (Å²) in [6.07, 6.45) is 4.57. The number of benzene rings is 1. The number of thiophene rings is 1. The van der Waals surface area contributed by atoms with Crippen LogP contribution in [-0.4, -0.2) is 41.9 Å². The highest BCUT2D eigenvalue weighted by Crippen LogP contribution is 2.37. The van der Waals surface area contributed by atoms with Crippen LogP contribution in [0.5, 0.6) is 0 Å². The third-order valence-corrected chi connectivity index (χ3v) is 9.64. The summed E-state index contributed by atoms with van der Waals surface area (Å²) in [4.78, 5) is 17.3. The van der Waals surface area contributed by atoms with Gasteiger partial charge in [-0.15, -0.1) is 11.3 Å². The molecule has 10 heteroatoms. The van der Waals surface area contributed by atoms with E-state index in [1.807, 2.05) is 31.2 Å². The Morgan fingerprint density at radius 2 is 2.06 bits per heavy atom. The predicted molar refractivity (Wildman–Crippen MR) is 125 cm³/mol. The van der Waals surface area contributed by atoms with E-state index in [-0.39, 0.29) is 16.7 Å². The first-order valence-corrected chi connectivity index (χ1v) is 13.5. The van der Waals surface area contributed by atoms with Crippen molar-refractivity contribution in [2.24, 2.45) is 5.92 Å². The van der Waals surface area contributed by atoms with Crippen LogP contribution in [0, 0.1) is 12.8 Å². The molecule has 1 saturated carbocycles. The molecule has 1 aliphatic carbocycles. The van der Waals surface area contributed by atoms with Crippen molar-refractivity contribution >= 4 is 33.0 Å². The predicted octanol–water partition coefficient (Wildman–Crippen LogP) is 4.41. The molecule has 0 unspecified atom stereocenters. The summed E-state index contributed by atoms with van der Waals surface area (Å²) < 4.78 is 33.6. The first-order valence-electron chi connectivity index (χ1n) is 11.2. The van der Waals surface area contributed by atoms with Gasteiger partial charge in [0, 0.05) is 35.6 Å². The maximum atomic E-state index is 13.3. The third-order valence-electron chi connectivity index (χ3n) is 6.36. The van der Waals surface area contributed by atoms with Crippen LogP contribution >= 0.6 is 11.3 Å². The summed E-state index contributed by atoms with van der Waals surface area (Å²) in [6.45, 7) is 2.53. The minimum Gasteiger partial charge on any atom is -0.339 e. The van der Waals surface area contributed by atoms with Crippen molar-refractivity contribution in [3.05, 3.63) is 47.2 Å². The number of piperidine rings is 1. The smallest absolute Gasteiger partial charge is 0.252 e. The maximum Gasteiger partial charge on any atom is 0.252 e. The molecule has 2 aliphatic rings. The number of nitrogens with one attached hydrogen (secondary N) is 1. The van der Waals surface area contributed by atoms with Crippen LogP contribution in [0.15, 0.2) is 44.4 Å². The zero-order chi connectivity index (χ0) is 23.0. The van der Waals surface area contributed by atoms with E-state index in [1.54, 1.807) is 11.4 Å². The van der Waals surface area contributed by atoms with Gasteiger partial charge in [-0.05, 0) is 56.4 Å². The van der Waals surface area contributed by atoms with Crippen LogP contribution in [0.1, 0.15) is 49.5 Å². The van der Waals surface area contributed by atoms with Crippen LogP contribution < -0.4 is 5.32 Å². The topological polar surface area (TPSA) is 105 Å². The van der Waals surface area contributed by atoms with Gasteiger partial charge in [0.15, 0.2) is 0 Å². The number of aromatic nitrogens is 2. The molecule has 1 aliphatic heterocycles. The number of carbonyl (C=O) groups is 1. The molecule has 1 saturated heterocycles. The number of amides is 1. The summed E-state index contributed by atoms with van der Waals surface area (Å²) in [5.74, 6) is 0.830. The van der Waals surface area contributed by atoms with Crippen LogP contribution in [0.3, 0.4) is 0 Å². The number of aryl methyl sites for hydroxylation is 1. The lowest BCUT2D eigenvalue weighted by Gasteiger charge is -2.30. The Morgan fingerprint density at radius 3 is 2.82 bits per heavy atom. The van der Waals surface area contributed by atoms with Gasteiger partial charge >= 0.3 is 0 Å². The summed E-state index contributed by atoms with van der Waals surface area (Å²) in [7, 11) is -3.71. The highest BCUT2D eigenvalue weighted by Gasteiger charge is 2.34. The van der Waals surface area contributed by atoms with Crippen molar-refractivity contribution in [1.82, 2.24) is 14.4 Å². The molecule has 1 atom stereocenters. The van der Waals surface area contributed by atoms with Crippen molar-refractivity contribution < 1.29 is 17.7 Å². The molecule has 0 spiro atoms. The zero-order valence-corrected chi connectivity index (χ0v) is 20.0. The SMILES string of the molecule is Cc1cccc(NC(=O)[C@H]2CCCN(S(=O)(=O)c3cc(-c4noc(C5CCC5)n4)cs3)C2)c1. The fourth-order valence-corrected chi connectivity index (χ4v) is 7.05. The molecule has 3 heterocycles. The summed E-state index contributed by atoms with van der Waals surface area (Å²) in [6, 6.07) is 9.19. The molecule has 33 heavy (non-hydrogen) atoms. The van der Waals surface area contributed by atoms with Gasteiger partial charge in [-0.2, -0.15) is 9.29 Å². The van der Waals surface area contributed by atoms with E-state index in [4.69, 9.17) is 4.52 Å². The van der Waals surface area contributed by atoms with Gasteiger partial charge in [-0.1, -0.05) is 23.7 Å². The lowest BCUT2D eigenvalue weighted by atomic mass is 9.85. The van der Waals surface area contributed by atoms with E-state index in [2.05, 4.69) is 15.5 Å². The Labute approximate surface area is 197 Å². The second kappa shape index (κ2) is 9.00. The fourth-order valence-electron chi connectivity index (χ4n) is 4.21. The van der Waals surface area contributed by atoms with Crippen molar-refractivity contribution in [3.63, 3.8) is 0 Å². The van der Waals surface area contributed by atoms with Crippen LogP contribution in [0.4, 0.5) is 5.69 Å². The largest absolute Gasteiger partial charge is 0.339 e. The maximum absolute atomic E-state index is 13.3. The highest BCUT2D eigenvalue weighted by molar-refractivity contribution is 7.91. The lowest BCUT2D eigenvalue weighted by Crippen LogP contribution is -2.43. The molecule has 8 nitrogen and oxygen atoms in total. The second-order valence-corrected chi connectivity index (χ2v) is 11.9. The third kappa shape index (κ3) is 4.60. The van der Waals surface area contributed by atoms with Crippen molar-refractivity contribution in [1.29, 1.82) is 0 Å². The van der Waals surface area contributed by atoms with Gasteiger partial charge in [0.25, 0.3) is 10.0 Å². The molecule has 2 fully saturated rings. The monoisotopic (exact) mass is 486 g/mol. The summed E-state index contributed by atoms with van der Waals surface area (Å²) in [5, 5.41) is 8.71. The van der Waals surface area contributed by atoms with E-state index in [9.17, 15) is 13.2 Å². The van der Waals surface area contributed by atoms with Gasteiger partial charge in [-0.3, -0.25) is 4.79 Å². The van der Waals surface area contributed by atoms with Crippen LogP contribution in [0.25, 0.3) is 11.4 Å². The molecule has 5 rings (SSSR count). The molecule has 174 valence electrons. The average molecular weight is 487 g/mol. The van der Waals surface area contributed by atoms with Gasteiger partial charge in [0.05, 0.1) is 5.92 Å². The Hall–Kier alpha value is -2.56. The number of rotatable bonds is 6. The van der Waals surface area contributed by atoms with E-state index in [0.29, 0.717) is 42.6 Å². The normalized spacial score (nSPS) is 19.8. The molecule has 1 N–H and O–H groups in total. The number of hydrogen-bond acceptors (Lipinski definition) is 7. The van der Waals surface area contributed by atoms with E-state index >= 15 is 0 Å². The molecule has 1 aromatic carbocycles. The fraction of sp³-hybridized carbons (Fsp3) is 0.435. The van der Waals surface area contributed by atoms with Crippen LogP contribution in [0.2, 0.25) is 0 Å². The van der Waals surface area contributed by atoms with Gasteiger partial charge in [-0.25, -0.2) is 8.42 Å². The summed E-state index contributed by atoms with van der Waals surface area (Å²) >= 11 is 1.14. The average Bonchev–Trinajstić information content (AvgIpc) is 3.43. The Kier molecular flexibility index (Phi) is 6.07. The number of hydrogen-bond donors (Lipinski definition) is 1. The number of anilines is 1. The molecule has 0 bridgehead atoms. The molecule has 3 aromatic rings. The van der Waals surface area contributed by atoms with E-state index < -0.39 is 15.9 Å². The Bertz CT molecular complexity index is 1260. The quantitative estimate of drug-likeness (QED) is 0.553.